The van der Waals surface area contributed by atoms with Crippen molar-refractivity contribution in [2.45, 2.75) is 45.7 Å². The molecule has 1 aromatic heterocycles. The van der Waals surface area contributed by atoms with Crippen LogP contribution in [0.3, 0.4) is 0 Å². The van der Waals surface area contributed by atoms with Gasteiger partial charge in [-0.15, -0.1) is 0 Å². The molecule has 3 unspecified atom stereocenters. The predicted octanol–water partition coefficient (Wildman–Crippen LogP) is 7.37. The highest BCUT2D eigenvalue weighted by Gasteiger charge is 2.75. The molecule has 0 amide bonds. The monoisotopic (exact) mass is 468 g/mol. The summed E-state index contributed by atoms with van der Waals surface area (Å²) < 4.78 is 0. The van der Waals surface area contributed by atoms with Gasteiger partial charge in [-0.1, -0.05) is 79.6 Å². The standard InChI is InChI=1S/C32H28N4/c1-19-11-10-12-20(2)26(19)27-28-29(34-18-33-27)36-25-16-9-8-15-22(25)31(3)23-17-24(23)32(31,4)30(36)35(28)21-13-6-5-7-14-21/h5-16,18,30H,17H2,1-4H3. The number of fused-ring (bicyclic) bond motifs is 10. The van der Waals surface area contributed by atoms with Gasteiger partial charge >= 0.3 is 0 Å². The van der Waals surface area contributed by atoms with Gasteiger partial charge in [0.2, 0.25) is 0 Å². The second-order valence-corrected chi connectivity index (χ2v) is 11.1. The lowest BCUT2D eigenvalue weighted by Crippen LogP contribution is -2.64. The number of allylic oxidation sites excluding steroid dienone is 1. The van der Waals surface area contributed by atoms with Crippen molar-refractivity contribution in [3.8, 4) is 11.3 Å². The van der Waals surface area contributed by atoms with Crippen molar-refractivity contribution in [2.24, 2.45) is 5.41 Å². The summed E-state index contributed by atoms with van der Waals surface area (Å²) in [6.07, 6.45) is 3.00. The molecule has 4 heteroatoms. The molecular formula is C32H28N4. The molecule has 4 aromatic rings. The summed E-state index contributed by atoms with van der Waals surface area (Å²) in [6.45, 7) is 9.33. The first kappa shape index (κ1) is 20.3. The first-order valence-electron chi connectivity index (χ1n) is 12.9. The van der Waals surface area contributed by atoms with E-state index >= 15 is 0 Å². The summed E-state index contributed by atoms with van der Waals surface area (Å²) in [6, 6.07) is 26.3. The fourth-order valence-electron chi connectivity index (χ4n) is 7.74. The van der Waals surface area contributed by atoms with E-state index in [2.05, 4.69) is 110 Å². The Kier molecular flexibility index (Phi) is 3.63. The zero-order chi connectivity index (χ0) is 24.4. The maximum atomic E-state index is 5.00. The van der Waals surface area contributed by atoms with Crippen LogP contribution < -0.4 is 9.80 Å². The summed E-state index contributed by atoms with van der Waals surface area (Å²) in [5.41, 5.74) is 13.0. The molecule has 0 saturated carbocycles. The average molecular weight is 469 g/mol. The van der Waals surface area contributed by atoms with E-state index in [1.807, 2.05) is 0 Å². The van der Waals surface area contributed by atoms with E-state index in [9.17, 15) is 0 Å². The van der Waals surface area contributed by atoms with Crippen LogP contribution in [-0.4, -0.2) is 16.1 Å². The van der Waals surface area contributed by atoms with Crippen molar-refractivity contribution in [1.82, 2.24) is 9.97 Å². The topological polar surface area (TPSA) is 32.3 Å². The Morgan fingerprint density at radius 2 is 1.50 bits per heavy atom. The van der Waals surface area contributed by atoms with Crippen LogP contribution in [0.4, 0.5) is 22.9 Å². The van der Waals surface area contributed by atoms with Gasteiger partial charge in [0.1, 0.15) is 23.9 Å². The number of anilines is 4. The van der Waals surface area contributed by atoms with E-state index in [0.717, 1.165) is 23.6 Å². The predicted molar refractivity (Wildman–Crippen MR) is 145 cm³/mol. The van der Waals surface area contributed by atoms with Gasteiger partial charge in [-0.3, -0.25) is 0 Å². The van der Waals surface area contributed by atoms with Crippen molar-refractivity contribution in [3.05, 3.63) is 107 Å². The Morgan fingerprint density at radius 3 is 2.28 bits per heavy atom. The second kappa shape index (κ2) is 6.44. The molecule has 36 heavy (non-hydrogen) atoms. The van der Waals surface area contributed by atoms with Gasteiger partial charge < -0.3 is 9.80 Å². The third-order valence-corrected chi connectivity index (χ3v) is 9.59. The fraction of sp³-hybridized carbons (Fsp3) is 0.250. The number of aromatic nitrogens is 2. The van der Waals surface area contributed by atoms with Gasteiger partial charge in [-0.25, -0.2) is 9.97 Å². The SMILES string of the molecule is Cc1cccc(C)c1-c1ncnc2c1N(c1ccccc1)C1N2c2ccccc2C2(C)C3=C(C3)C12C. The number of hydrogen-bond donors (Lipinski definition) is 0. The third-order valence-electron chi connectivity index (χ3n) is 9.59. The van der Waals surface area contributed by atoms with Crippen LogP contribution in [-0.2, 0) is 5.41 Å². The highest BCUT2D eigenvalue weighted by molar-refractivity contribution is 5.98. The Labute approximate surface area is 211 Å². The van der Waals surface area contributed by atoms with E-state index in [0.29, 0.717) is 0 Å². The molecular weight excluding hydrogens is 440 g/mol. The second-order valence-electron chi connectivity index (χ2n) is 11.1. The van der Waals surface area contributed by atoms with Crippen LogP contribution in [0.5, 0.6) is 0 Å². The minimum absolute atomic E-state index is 0.0225. The molecule has 0 radical (unpaired) electrons. The van der Waals surface area contributed by atoms with Crippen LogP contribution in [0.25, 0.3) is 11.3 Å². The van der Waals surface area contributed by atoms with Crippen molar-refractivity contribution in [1.29, 1.82) is 0 Å². The summed E-state index contributed by atoms with van der Waals surface area (Å²) >= 11 is 0. The minimum atomic E-state index is -0.0225. The third kappa shape index (κ3) is 2.10. The van der Waals surface area contributed by atoms with Gasteiger partial charge in [0.05, 0.1) is 0 Å². The van der Waals surface area contributed by atoms with Crippen LogP contribution in [0.15, 0.2) is 90.3 Å². The quantitative estimate of drug-likeness (QED) is 0.288. The first-order chi connectivity index (χ1) is 17.5. The molecule has 3 heterocycles. The molecule has 2 aliphatic heterocycles. The molecule has 0 N–H and O–H groups in total. The Morgan fingerprint density at radius 1 is 0.778 bits per heavy atom. The largest absolute Gasteiger partial charge is 0.314 e. The molecule has 0 fully saturated rings. The lowest BCUT2D eigenvalue weighted by Gasteiger charge is -2.60. The summed E-state index contributed by atoms with van der Waals surface area (Å²) in [4.78, 5) is 15.0. The number of nitrogens with zero attached hydrogens (tertiary/aromatic N) is 4. The van der Waals surface area contributed by atoms with Crippen molar-refractivity contribution < 1.29 is 0 Å². The fourth-order valence-corrected chi connectivity index (χ4v) is 7.74. The summed E-state index contributed by atoms with van der Waals surface area (Å²) in [5, 5.41) is 0. The zero-order valence-electron chi connectivity index (χ0n) is 21.1. The van der Waals surface area contributed by atoms with Gasteiger partial charge in [0.25, 0.3) is 0 Å². The molecule has 8 rings (SSSR count). The molecule has 2 aliphatic carbocycles. The van der Waals surface area contributed by atoms with Crippen molar-refractivity contribution in [2.75, 3.05) is 9.80 Å². The number of hydrogen-bond acceptors (Lipinski definition) is 4. The Bertz CT molecular complexity index is 1620. The molecule has 4 aliphatic rings. The molecule has 3 aromatic carbocycles. The van der Waals surface area contributed by atoms with Crippen LogP contribution >= 0.6 is 0 Å². The van der Waals surface area contributed by atoms with Gasteiger partial charge in [0, 0.05) is 27.8 Å². The number of aryl methyl sites for hydroxylation is 2. The van der Waals surface area contributed by atoms with E-state index < -0.39 is 0 Å². The van der Waals surface area contributed by atoms with Gasteiger partial charge in [-0.2, -0.15) is 0 Å². The van der Waals surface area contributed by atoms with Gasteiger partial charge in [0.15, 0.2) is 5.82 Å². The average Bonchev–Trinajstić information content (AvgIpc) is 3.60. The van der Waals surface area contributed by atoms with E-state index in [1.165, 1.54) is 33.6 Å². The molecule has 176 valence electrons. The zero-order valence-corrected chi connectivity index (χ0v) is 21.1. The lowest BCUT2D eigenvalue weighted by atomic mass is 9.51. The number of rotatable bonds is 2. The highest BCUT2D eigenvalue weighted by Crippen LogP contribution is 2.79. The van der Waals surface area contributed by atoms with E-state index in [1.54, 1.807) is 17.5 Å². The summed E-state index contributed by atoms with van der Waals surface area (Å²) in [7, 11) is 0. The van der Waals surface area contributed by atoms with E-state index in [4.69, 9.17) is 9.97 Å². The Balaban J connectivity index is 1.49. The van der Waals surface area contributed by atoms with Crippen LogP contribution in [0.1, 0.15) is 37.0 Å². The maximum absolute atomic E-state index is 5.00. The summed E-state index contributed by atoms with van der Waals surface area (Å²) in [5.74, 6) is 1.00. The van der Waals surface area contributed by atoms with Crippen molar-refractivity contribution >= 4 is 22.9 Å². The number of benzene rings is 3. The Hall–Kier alpha value is -3.92. The molecule has 0 bridgehead atoms. The smallest absolute Gasteiger partial charge is 0.162 e. The van der Waals surface area contributed by atoms with Crippen LogP contribution in [0, 0.1) is 19.3 Å². The molecule has 0 spiro atoms. The first-order valence-corrected chi connectivity index (χ1v) is 12.9. The van der Waals surface area contributed by atoms with Crippen LogP contribution in [0.2, 0.25) is 0 Å². The van der Waals surface area contributed by atoms with Crippen molar-refractivity contribution in [3.63, 3.8) is 0 Å². The number of para-hydroxylation sites is 2. The normalized spacial score (nSPS) is 26.5. The minimum Gasteiger partial charge on any atom is -0.314 e. The molecule has 0 saturated heterocycles. The van der Waals surface area contributed by atoms with Gasteiger partial charge in [-0.05, 0) is 55.2 Å². The van der Waals surface area contributed by atoms with E-state index in [-0.39, 0.29) is 17.0 Å². The maximum Gasteiger partial charge on any atom is 0.162 e. The molecule has 4 nitrogen and oxygen atoms in total. The molecule has 3 atom stereocenters. The highest BCUT2D eigenvalue weighted by atomic mass is 15.5. The lowest BCUT2D eigenvalue weighted by molar-refractivity contribution is 0.174.